The zero-order chi connectivity index (χ0) is 16.9. The van der Waals surface area contributed by atoms with E-state index in [9.17, 15) is 0 Å². The molecule has 2 aliphatic heterocycles. The molecule has 126 valence electrons. The monoisotopic (exact) mass is 352 g/mol. The topological polar surface area (TPSA) is 58.0 Å². The fourth-order valence-corrected chi connectivity index (χ4v) is 4.28. The van der Waals surface area contributed by atoms with Crippen LogP contribution in [0.1, 0.15) is 12.8 Å². The van der Waals surface area contributed by atoms with Crippen LogP contribution in [0, 0.1) is 0 Å². The Morgan fingerprint density at radius 1 is 1.04 bits per heavy atom. The minimum atomic E-state index is 0.0971. The molecular weight excluding hydrogens is 336 g/mol. The summed E-state index contributed by atoms with van der Waals surface area (Å²) in [7, 11) is 0. The van der Waals surface area contributed by atoms with Crippen LogP contribution in [0.3, 0.4) is 0 Å². The van der Waals surface area contributed by atoms with Gasteiger partial charge in [0.25, 0.3) is 0 Å². The van der Waals surface area contributed by atoms with Gasteiger partial charge in [-0.15, -0.1) is 0 Å². The van der Waals surface area contributed by atoms with Crippen molar-refractivity contribution in [2.24, 2.45) is 0 Å². The quantitative estimate of drug-likeness (QED) is 0.661. The van der Waals surface area contributed by atoms with E-state index >= 15 is 0 Å². The summed E-state index contributed by atoms with van der Waals surface area (Å²) >= 11 is 6.22. The second kappa shape index (κ2) is 5.52. The molecule has 3 aromatic heterocycles. The zero-order valence-corrected chi connectivity index (χ0v) is 14.4. The molecule has 0 amide bonds. The van der Waals surface area contributed by atoms with Gasteiger partial charge < -0.3 is 9.80 Å². The summed E-state index contributed by atoms with van der Waals surface area (Å²) in [6.07, 6.45) is 7.71. The molecule has 5 heterocycles. The van der Waals surface area contributed by atoms with Crippen molar-refractivity contribution in [3.8, 4) is 0 Å². The molecule has 0 aromatic carbocycles. The Morgan fingerprint density at radius 3 is 2.68 bits per heavy atom. The molecule has 2 aliphatic rings. The lowest BCUT2D eigenvalue weighted by Crippen LogP contribution is -2.68. The summed E-state index contributed by atoms with van der Waals surface area (Å²) < 4.78 is 0. The van der Waals surface area contributed by atoms with Gasteiger partial charge in [0.15, 0.2) is 0 Å². The van der Waals surface area contributed by atoms with Gasteiger partial charge in [0, 0.05) is 49.7 Å². The second-order valence-corrected chi connectivity index (χ2v) is 7.11. The first-order valence-corrected chi connectivity index (χ1v) is 8.84. The lowest BCUT2D eigenvalue weighted by Gasteiger charge is -2.53. The average Bonchev–Trinajstić information content (AvgIpc) is 3.05. The van der Waals surface area contributed by atoms with Gasteiger partial charge in [-0.3, -0.25) is 4.98 Å². The predicted molar refractivity (Wildman–Crippen MR) is 98.1 cm³/mol. The van der Waals surface area contributed by atoms with Crippen molar-refractivity contribution in [3.63, 3.8) is 0 Å². The van der Waals surface area contributed by atoms with Crippen LogP contribution in [-0.2, 0) is 0 Å². The summed E-state index contributed by atoms with van der Waals surface area (Å²) in [5, 5.41) is 1.53. The molecule has 25 heavy (non-hydrogen) atoms. The lowest BCUT2D eigenvalue weighted by atomic mass is 9.86. The molecule has 0 unspecified atom stereocenters. The number of hydrogen-bond acceptors (Lipinski definition) is 6. The maximum atomic E-state index is 6.22. The highest BCUT2D eigenvalue weighted by Gasteiger charge is 2.51. The first-order valence-electron chi connectivity index (χ1n) is 8.46. The van der Waals surface area contributed by atoms with E-state index in [4.69, 9.17) is 11.6 Å². The Balaban J connectivity index is 1.47. The SMILES string of the molecule is Clc1cc2ncccc2c(N2CC3(CCCN3c3ncccn3)C2)n1. The summed E-state index contributed by atoms with van der Waals surface area (Å²) in [4.78, 5) is 22.5. The normalized spacial score (nSPS) is 18.8. The molecule has 0 aliphatic carbocycles. The predicted octanol–water partition coefficient (Wildman–Crippen LogP) is 2.93. The fraction of sp³-hybridized carbons (Fsp3) is 0.333. The highest BCUT2D eigenvalue weighted by atomic mass is 35.5. The Labute approximate surface area is 150 Å². The number of pyridine rings is 2. The van der Waals surface area contributed by atoms with Crippen LogP contribution in [0.15, 0.2) is 42.9 Å². The first-order chi connectivity index (χ1) is 12.3. The number of anilines is 2. The van der Waals surface area contributed by atoms with Crippen LogP contribution >= 0.6 is 11.6 Å². The van der Waals surface area contributed by atoms with Crippen LogP contribution in [-0.4, -0.2) is 45.1 Å². The van der Waals surface area contributed by atoms with Crippen LogP contribution in [0.4, 0.5) is 11.8 Å². The Hall–Kier alpha value is -2.47. The largest absolute Gasteiger partial charge is 0.351 e. The van der Waals surface area contributed by atoms with Crippen molar-refractivity contribution < 1.29 is 0 Å². The van der Waals surface area contributed by atoms with Gasteiger partial charge in [0.2, 0.25) is 5.95 Å². The Bertz CT molecular complexity index is 925. The maximum Gasteiger partial charge on any atom is 0.225 e. The molecule has 1 spiro atoms. The van der Waals surface area contributed by atoms with E-state index in [0.717, 1.165) is 55.1 Å². The molecule has 0 atom stereocenters. The smallest absolute Gasteiger partial charge is 0.225 e. The summed E-state index contributed by atoms with van der Waals surface area (Å²) in [6.45, 7) is 2.81. The van der Waals surface area contributed by atoms with Crippen molar-refractivity contribution in [1.29, 1.82) is 0 Å². The van der Waals surface area contributed by atoms with E-state index in [1.165, 1.54) is 0 Å². The van der Waals surface area contributed by atoms with Crippen molar-refractivity contribution in [1.82, 2.24) is 19.9 Å². The molecule has 0 radical (unpaired) electrons. The van der Waals surface area contributed by atoms with Gasteiger partial charge in [-0.2, -0.15) is 0 Å². The van der Waals surface area contributed by atoms with Crippen LogP contribution < -0.4 is 9.80 Å². The second-order valence-electron chi connectivity index (χ2n) is 6.72. The highest BCUT2D eigenvalue weighted by Crippen LogP contribution is 2.42. The number of rotatable bonds is 2. The van der Waals surface area contributed by atoms with Crippen molar-refractivity contribution in [2.45, 2.75) is 18.4 Å². The molecule has 0 bridgehead atoms. The van der Waals surface area contributed by atoms with E-state index in [1.807, 2.05) is 30.6 Å². The maximum absolute atomic E-state index is 6.22. The number of nitrogens with zero attached hydrogens (tertiary/aromatic N) is 6. The third-order valence-electron chi connectivity index (χ3n) is 5.21. The molecule has 7 heteroatoms. The molecule has 5 rings (SSSR count). The minimum Gasteiger partial charge on any atom is -0.351 e. The van der Waals surface area contributed by atoms with E-state index < -0.39 is 0 Å². The Kier molecular flexibility index (Phi) is 3.28. The highest BCUT2D eigenvalue weighted by molar-refractivity contribution is 6.30. The third-order valence-corrected chi connectivity index (χ3v) is 5.40. The van der Waals surface area contributed by atoms with Gasteiger partial charge in [0.1, 0.15) is 11.0 Å². The third kappa shape index (κ3) is 2.32. The van der Waals surface area contributed by atoms with E-state index in [1.54, 1.807) is 6.20 Å². The van der Waals surface area contributed by atoms with Gasteiger partial charge in [-0.25, -0.2) is 15.0 Å². The van der Waals surface area contributed by atoms with Gasteiger partial charge in [-0.1, -0.05) is 11.6 Å². The number of fused-ring (bicyclic) bond motifs is 1. The summed E-state index contributed by atoms with van der Waals surface area (Å²) in [5.74, 6) is 1.74. The number of aromatic nitrogens is 4. The molecule has 0 saturated carbocycles. The first kappa shape index (κ1) is 14.8. The van der Waals surface area contributed by atoms with E-state index in [0.29, 0.717) is 5.15 Å². The average molecular weight is 353 g/mol. The van der Waals surface area contributed by atoms with Gasteiger partial charge >= 0.3 is 0 Å². The van der Waals surface area contributed by atoms with Gasteiger partial charge in [0.05, 0.1) is 11.1 Å². The fourth-order valence-electron chi connectivity index (χ4n) is 4.09. The van der Waals surface area contributed by atoms with E-state index in [-0.39, 0.29) is 5.54 Å². The van der Waals surface area contributed by atoms with Crippen LogP contribution in [0.2, 0.25) is 5.15 Å². The molecule has 6 nitrogen and oxygen atoms in total. The molecule has 2 fully saturated rings. The molecule has 0 N–H and O–H groups in total. The Morgan fingerprint density at radius 2 is 1.84 bits per heavy atom. The number of halogens is 1. The summed E-state index contributed by atoms with van der Waals surface area (Å²) in [6, 6.07) is 7.67. The van der Waals surface area contributed by atoms with Crippen molar-refractivity contribution >= 4 is 34.3 Å². The van der Waals surface area contributed by atoms with Crippen LogP contribution in [0.5, 0.6) is 0 Å². The minimum absolute atomic E-state index is 0.0971. The lowest BCUT2D eigenvalue weighted by molar-refractivity contribution is 0.328. The number of hydrogen-bond donors (Lipinski definition) is 0. The van der Waals surface area contributed by atoms with Crippen molar-refractivity contribution in [3.05, 3.63) is 48.0 Å². The van der Waals surface area contributed by atoms with Crippen molar-refractivity contribution in [2.75, 3.05) is 29.4 Å². The van der Waals surface area contributed by atoms with Crippen LogP contribution in [0.25, 0.3) is 10.9 Å². The zero-order valence-electron chi connectivity index (χ0n) is 13.6. The molecular formula is C18H17ClN6. The van der Waals surface area contributed by atoms with E-state index in [2.05, 4.69) is 35.8 Å². The van der Waals surface area contributed by atoms with Gasteiger partial charge in [-0.05, 0) is 31.0 Å². The molecule has 2 saturated heterocycles. The standard InChI is InChI=1S/C18H17ClN6/c19-15-10-14-13(4-1-6-20-14)16(23-15)24-11-18(12-24)5-2-9-25(18)17-21-7-3-8-22-17/h1,3-4,6-8,10H,2,5,9,11-12H2. The molecule has 3 aromatic rings. The summed E-state index contributed by atoms with van der Waals surface area (Å²) in [5.41, 5.74) is 0.980.